The summed E-state index contributed by atoms with van der Waals surface area (Å²) in [5.74, 6) is 0. The Balaban J connectivity index is 0.000000169. The largest absolute Gasteiger partial charge is 0.399 e. The van der Waals surface area contributed by atoms with Gasteiger partial charge >= 0.3 is 0 Å². The molecule has 0 bridgehead atoms. The number of benzene rings is 2. The molecule has 0 amide bonds. The van der Waals surface area contributed by atoms with Crippen molar-refractivity contribution in [1.29, 1.82) is 0 Å². The number of thiazole rings is 4. The van der Waals surface area contributed by atoms with Crippen LogP contribution < -0.4 is 5.73 Å². The quantitative estimate of drug-likeness (QED) is 0.106. The van der Waals surface area contributed by atoms with Gasteiger partial charge in [0.25, 0.3) is 5.69 Å². The minimum atomic E-state index is -0.337. The fourth-order valence-electron chi connectivity index (χ4n) is 4.36. The maximum absolute atomic E-state index is 11.0. The molecule has 0 aliphatic carbocycles. The standard InChI is InChI=1S/C15H13N3O2S2.C15H15N3S2/c1-9-4-14(18(19)20)10(2)3-11(9)5-15-17-13(7-22-15)12-6-21-8-16-12;1-9-4-12(16)10(2)3-11(9)5-15-18-14(7-20-15)13-6-19-8-17-13/h3-4,6-8H,5H2,1-2H3;3-4,6-8H,5,16H2,1-2H3. The van der Waals surface area contributed by atoms with E-state index in [4.69, 9.17) is 5.73 Å². The van der Waals surface area contributed by atoms with Crippen LogP contribution in [-0.4, -0.2) is 24.9 Å². The lowest BCUT2D eigenvalue weighted by atomic mass is 10.0. The number of rotatable bonds is 7. The average molecular weight is 633 g/mol. The van der Waals surface area contributed by atoms with E-state index in [0.29, 0.717) is 12.0 Å². The summed E-state index contributed by atoms with van der Waals surface area (Å²) >= 11 is 6.41. The number of nitrogens with two attached hydrogens (primary N) is 1. The third kappa shape index (κ3) is 6.96. The first-order valence-electron chi connectivity index (χ1n) is 12.9. The molecule has 42 heavy (non-hydrogen) atoms. The van der Waals surface area contributed by atoms with E-state index in [0.717, 1.165) is 61.6 Å². The van der Waals surface area contributed by atoms with Crippen LogP contribution in [0.4, 0.5) is 11.4 Å². The number of aryl methyl sites for hydroxylation is 4. The molecule has 0 fully saturated rings. The number of nitrogens with zero attached hydrogens (tertiary/aromatic N) is 5. The second-order valence-corrected chi connectivity index (χ2v) is 13.1. The number of nitrogen functional groups attached to an aromatic ring is 1. The van der Waals surface area contributed by atoms with Crippen LogP contribution in [0.1, 0.15) is 43.4 Å². The van der Waals surface area contributed by atoms with Gasteiger partial charge in [-0.3, -0.25) is 10.1 Å². The number of anilines is 1. The number of aromatic nitrogens is 4. The molecule has 4 heterocycles. The van der Waals surface area contributed by atoms with E-state index in [1.165, 1.54) is 11.1 Å². The van der Waals surface area contributed by atoms with E-state index < -0.39 is 0 Å². The van der Waals surface area contributed by atoms with E-state index in [9.17, 15) is 10.1 Å². The summed E-state index contributed by atoms with van der Waals surface area (Å²) in [7, 11) is 0. The molecular weight excluding hydrogens is 605 g/mol. The summed E-state index contributed by atoms with van der Waals surface area (Å²) in [4.78, 5) is 28.5. The van der Waals surface area contributed by atoms with E-state index in [-0.39, 0.29) is 10.6 Å². The second-order valence-electron chi connectivity index (χ2n) is 9.81. The van der Waals surface area contributed by atoms with Crippen molar-refractivity contribution >= 4 is 56.7 Å². The topological polar surface area (TPSA) is 121 Å². The molecule has 12 heteroatoms. The van der Waals surface area contributed by atoms with Gasteiger partial charge in [-0.15, -0.1) is 45.3 Å². The zero-order valence-corrected chi connectivity index (χ0v) is 26.7. The van der Waals surface area contributed by atoms with Crippen molar-refractivity contribution in [2.24, 2.45) is 0 Å². The van der Waals surface area contributed by atoms with Gasteiger partial charge in [-0.2, -0.15) is 0 Å². The van der Waals surface area contributed by atoms with Gasteiger partial charge in [0.15, 0.2) is 0 Å². The summed E-state index contributed by atoms with van der Waals surface area (Å²) in [6.45, 7) is 7.81. The van der Waals surface area contributed by atoms with Crippen molar-refractivity contribution < 1.29 is 4.92 Å². The Morgan fingerprint density at radius 3 is 1.67 bits per heavy atom. The maximum Gasteiger partial charge on any atom is 0.272 e. The number of nitro groups is 1. The molecule has 8 nitrogen and oxygen atoms in total. The molecule has 6 aromatic rings. The van der Waals surface area contributed by atoms with Crippen LogP contribution in [0.5, 0.6) is 0 Å². The van der Waals surface area contributed by atoms with Crippen molar-refractivity contribution in [1.82, 2.24) is 19.9 Å². The van der Waals surface area contributed by atoms with Crippen molar-refractivity contribution in [3.8, 4) is 22.8 Å². The average Bonchev–Trinajstić information content (AvgIpc) is 3.77. The zero-order valence-electron chi connectivity index (χ0n) is 23.5. The van der Waals surface area contributed by atoms with E-state index >= 15 is 0 Å². The highest BCUT2D eigenvalue weighted by Gasteiger charge is 2.15. The Morgan fingerprint density at radius 2 is 1.19 bits per heavy atom. The second kappa shape index (κ2) is 13.0. The third-order valence-corrected chi connectivity index (χ3v) is 9.62. The first kappa shape index (κ1) is 29.6. The SMILES string of the molecule is Cc1cc(Cc2nc(-c3cscn3)cs2)c(C)cc1N.Cc1cc([N+](=O)[O-])c(C)cc1Cc1nc(-c2cscn2)cs1. The molecule has 0 aliphatic rings. The number of hydrogen-bond donors (Lipinski definition) is 1. The van der Waals surface area contributed by atoms with E-state index in [2.05, 4.69) is 38.3 Å². The zero-order chi connectivity index (χ0) is 29.8. The summed E-state index contributed by atoms with van der Waals surface area (Å²) in [5.41, 5.74) is 20.6. The highest BCUT2D eigenvalue weighted by atomic mass is 32.1. The lowest BCUT2D eigenvalue weighted by molar-refractivity contribution is -0.385. The molecule has 0 saturated heterocycles. The molecule has 6 rings (SSSR count). The molecule has 2 aromatic carbocycles. The van der Waals surface area contributed by atoms with Crippen molar-refractivity contribution in [3.63, 3.8) is 0 Å². The summed E-state index contributed by atoms with van der Waals surface area (Å²) in [6, 6.07) is 7.73. The molecule has 0 unspecified atom stereocenters. The number of nitro benzene ring substituents is 1. The summed E-state index contributed by atoms with van der Waals surface area (Å²) in [6.07, 6.45) is 1.53. The van der Waals surface area contributed by atoms with Gasteiger partial charge < -0.3 is 5.73 Å². The van der Waals surface area contributed by atoms with Gasteiger partial charge in [0.1, 0.15) is 22.8 Å². The predicted octanol–water partition coefficient (Wildman–Crippen LogP) is 8.44. The molecule has 0 aliphatic heterocycles. The maximum atomic E-state index is 11.0. The van der Waals surface area contributed by atoms with Gasteiger partial charge in [0.05, 0.1) is 26.0 Å². The van der Waals surface area contributed by atoms with Gasteiger partial charge in [-0.1, -0.05) is 6.07 Å². The Hall–Kier alpha value is -3.84. The van der Waals surface area contributed by atoms with Crippen LogP contribution in [0, 0.1) is 37.8 Å². The first-order chi connectivity index (χ1) is 20.2. The molecular formula is C30H28N6O2S4. The molecule has 2 N–H and O–H groups in total. The summed E-state index contributed by atoms with van der Waals surface area (Å²) in [5, 5.41) is 21.1. The van der Waals surface area contributed by atoms with Gasteiger partial charge in [-0.05, 0) is 67.6 Å². The lowest BCUT2D eigenvalue weighted by Crippen LogP contribution is -1.97. The lowest BCUT2D eigenvalue weighted by Gasteiger charge is -2.08. The summed E-state index contributed by atoms with van der Waals surface area (Å²) < 4.78 is 0. The van der Waals surface area contributed by atoms with E-state index in [1.54, 1.807) is 63.8 Å². The van der Waals surface area contributed by atoms with Gasteiger partial charge in [-0.25, -0.2) is 19.9 Å². The third-order valence-electron chi connectivity index (χ3n) is 6.75. The molecule has 4 aromatic heterocycles. The monoisotopic (exact) mass is 632 g/mol. The van der Waals surface area contributed by atoms with Gasteiger partial charge in [0, 0.05) is 51.7 Å². The molecule has 0 atom stereocenters. The molecule has 0 saturated carbocycles. The minimum Gasteiger partial charge on any atom is -0.399 e. The van der Waals surface area contributed by atoms with Crippen LogP contribution in [0.2, 0.25) is 0 Å². The molecule has 214 valence electrons. The van der Waals surface area contributed by atoms with Crippen molar-refractivity contribution in [2.75, 3.05) is 5.73 Å². The molecule has 0 spiro atoms. The fourth-order valence-corrected chi connectivity index (χ4v) is 7.07. The van der Waals surface area contributed by atoms with Crippen LogP contribution >= 0.6 is 45.3 Å². The Labute approximate surface area is 259 Å². The van der Waals surface area contributed by atoms with Crippen LogP contribution in [0.25, 0.3) is 22.8 Å². The Morgan fingerprint density at radius 1 is 0.690 bits per heavy atom. The van der Waals surface area contributed by atoms with E-state index in [1.807, 2.05) is 47.6 Å². The number of hydrogen-bond acceptors (Lipinski definition) is 11. The minimum absolute atomic E-state index is 0.170. The van der Waals surface area contributed by atoms with Crippen LogP contribution in [-0.2, 0) is 12.8 Å². The highest BCUT2D eigenvalue weighted by Crippen LogP contribution is 2.28. The van der Waals surface area contributed by atoms with Crippen molar-refractivity contribution in [3.05, 3.63) is 110 Å². The van der Waals surface area contributed by atoms with Crippen molar-refractivity contribution in [2.45, 2.75) is 40.5 Å². The Kier molecular flexibility index (Phi) is 9.17. The highest BCUT2D eigenvalue weighted by molar-refractivity contribution is 7.10. The first-order valence-corrected chi connectivity index (χ1v) is 16.6. The normalized spacial score (nSPS) is 10.9. The smallest absolute Gasteiger partial charge is 0.272 e. The molecule has 0 radical (unpaired) electrons. The van der Waals surface area contributed by atoms with Crippen LogP contribution in [0.3, 0.4) is 0 Å². The van der Waals surface area contributed by atoms with Crippen LogP contribution in [0.15, 0.2) is 56.8 Å². The fraction of sp³-hybridized carbons (Fsp3) is 0.200. The predicted molar refractivity (Wildman–Crippen MR) is 175 cm³/mol. The van der Waals surface area contributed by atoms with Gasteiger partial charge in [0.2, 0.25) is 0 Å². The Bertz CT molecular complexity index is 1820.